The van der Waals surface area contributed by atoms with Crippen LogP contribution in [-0.4, -0.2) is 40.2 Å². The number of likely N-dealkylation sites (tertiary alicyclic amines) is 1. The minimum atomic E-state index is 0.128. The van der Waals surface area contributed by atoms with Gasteiger partial charge in [-0.2, -0.15) is 0 Å². The summed E-state index contributed by atoms with van der Waals surface area (Å²) in [4.78, 5) is 2.26. The molecular weight excluding hydrogens is 242 g/mol. The molecule has 5 heteroatoms. The van der Waals surface area contributed by atoms with Crippen molar-refractivity contribution in [3.05, 3.63) is 35.4 Å². The Morgan fingerprint density at radius 2 is 2.21 bits per heavy atom. The third kappa shape index (κ3) is 2.88. The van der Waals surface area contributed by atoms with Crippen molar-refractivity contribution in [2.45, 2.75) is 25.9 Å². The van der Waals surface area contributed by atoms with Crippen molar-refractivity contribution in [3.8, 4) is 0 Å². The van der Waals surface area contributed by atoms with E-state index >= 15 is 0 Å². The molecule has 2 unspecified atom stereocenters. The van der Waals surface area contributed by atoms with Gasteiger partial charge in [0.15, 0.2) is 5.84 Å². The minimum absolute atomic E-state index is 0.128. The van der Waals surface area contributed by atoms with Crippen LogP contribution in [0.4, 0.5) is 0 Å². The largest absolute Gasteiger partial charge is 0.409 e. The van der Waals surface area contributed by atoms with Crippen LogP contribution in [0.3, 0.4) is 0 Å². The monoisotopic (exact) mass is 263 g/mol. The van der Waals surface area contributed by atoms with E-state index in [0.717, 1.165) is 24.1 Å². The van der Waals surface area contributed by atoms with Crippen molar-refractivity contribution in [1.82, 2.24) is 4.90 Å². The summed E-state index contributed by atoms with van der Waals surface area (Å²) in [6.45, 7) is 4.02. The van der Waals surface area contributed by atoms with Gasteiger partial charge in [0, 0.05) is 18.2 Å². The highest BCUT2D eigenvalue weighted by atomic mass is 16.4. The number of benzene rings is 1. The smallest absolute Gasteiger partial charge is 0.170 e. The van der Waals surface area contributed by atoms with Crippen LogP contribution in [0.2, 0.25) is 0 Å². The molecule has 0 saturated carbocycles. The maximum atomic E-state index is 9.48. The van der Waals surface area contributed by atoms with Crippen molar-refractivity contribution < 1.29 is 10.3 Å². The van der Waals surface area contributed by atoms with Crippen molar-refractivity contribution in [2.75, 3.05) is 13.2 Å². The van der Waals surface area contributed by atoms with Crippen molar-refractivity contribution in [1.29, 1.82) is 0 Å². The van der Waals surface area contributed by atoms with Crippen LogP contribution >= 0.6 is 0 Å². The Balaban J connectivity index is 2.20. The number of hydrogen-bond donors (Lipinski definition) is 3. The molecule has 2 rings (SSSR count). The van der Waals surface area contributed by atoms with E-state index < -0.39 is 0 Å². The van der Waals surface area contributed by atoms with E-state index in [9.17, 15) is 5.11 Å². The molecule has 1 heterocycles. The van der Waals surface area contributed by atoms with Crippen LogP contribution in [-0.2, 0) is 6.54 Å². The lowest BCUT2D eigenvalue weighted by Crippen LogP contribution is -2.35. The number of hydrogen-bond acceptors (Lipinski definition) is 4. The van der Waals surface area contributed by atoms with Gasteiger partial charge in [0.1, 0.15) is 0 Å². The lowest BCUT2D eigenvalue weighted by molar-refractivity contribution is 0.134. The maximum Gasteiger partial charge on any atom is 0.170 e. The van der Waals surface area contributed by atoms with Crippen molar-refractivity contribution in [3.63, 3.8) is 0 Å². The molecule has 0 radical (unpaired) electrons. The molecule has 0 aromatic heterocycles. The molecule has 1 aliphatic rings. The highest BCUT2D eigenvalue weighted by Gasteiger charge is 2.30. The summed E-state index contributed by atoms with van der Waals surface area (Å²) in [6, 6.07) is 7.83. The van der Waals surface area contributed by atoms with Crippen molar-refractivity contribution >= 4 is 5.84 Å². The predicted octanol–water partition coefficient (Wildman–Crippen LogP) is 0.984. The summed E-state index contributed by atoms with van der Waals surface area (Å²) >= 11 is 0. The molecule has 2 atom stereocenters. The van der Waals surface area contributed by atoms with Crippen LogP contribution in [0, 0.1) is 5.92 Å². The number of nitrogens with zero attached hydrogens (tertiary/aromatic N) is 2. The van der Waals surface area contributed by atoms with Crippen molar-refractivity contribution in [2.24, 2.45) is 16.8 Å². The third-order valence-electron chi connectivity index (χ3n) is 3.96. The molecule has 4 N–H and O–H groups in total. The number of aliphatic hydroxyl groups is 1. The molecule has 0 bridgehead atoms. The number of nitrogens with two attached hydrogens (primary N) is 1. The molecule has 1 aromatic carbocycles. The van der Waals surface area contributed by atoms with Gasteiger partial charge in [0.25, 0.3) is 0 Å². The lowest BCUT2D eigenvalue weighted by Gasteiger charge is -2.25. The fourth-order valence-corrected chi connectivity index (χ4v) is 2.76. The molecule has 1 fully saturated rings. The Bertz CT molecular complexity index is 462. The molecule has 1 aromatic rings. The van der Waals surface area contributed by atoms with Crippen LogP contribution in [0.5, 0.6) is 0 Å². The molecule has 19 heavy (non-hydrogen) atoms. The first-order valence-electron chi connectivity index (χ1n) is 6.58. The fraction of sp³-hybridized carbons (Fsp3) is 0.500. The SMILES string of the molecule is CC1CCN(Cc2ccccc2/C(N)=N/O)C1CO. The Hall–Kier alpha value is -1.59. The van der Waals surface area contributed by atoms with E-state index in [1.54, 1.807) is 0 Å². The van der Waals surface area contributed by atoms with Gasteiger partial charge in [-0.1, -0.05) is 36.3 Å². The average Bonchev–Trinajstić information content (AvgIpc) is 2.79. The molecule has 5 nitrogen and oxygen atoms in total. The van der Waals surface area contributed by atoms with Crippen LogP contribution in [0.25, 0.3) is 0 Å². The van der Waals surface area contributed by atoms with Gasteiger partial charge < -0.3 is 16.0 Å². The Labute approximate surface area is 113 Å². The lowest BCUT2D eigenvalue weighted by atomic mass is 10.0. The van der Waals surface area contributed by atoms with Gasteiger partial charge in [-0.15, -0.1) is 0 Å². The summed E-state index contributed by atoms with van der Waals surface area (Å²) in [6.07, 6.45) is 1.09. The Morgan fingerprint density at radius 1 is 1.47 bits per heavy atom. The standard InChI is InChI=1S/C14H21N3O2/c1-10-6-7-17(13(10)9-18)8-11-4-2-3-5-12(11)14(15)16-19/h2-5,10,13,18-19H,6-9H2,1H3,(H2,15,16). The molecule has 1 aliphatic heterocycles. The third-order valence-corrected chi connectivity index (χ3v) is 3.96. The summed E-state index contributed by atoms with van der Waals surface area (Å²) < 4.78 is 0. The van der Waals surface area contributed by atoms with E-state index in [1.807, 2.05) is 24.3 Å². The number of rotatable bonds is 4. The van der Waals surface area contributed by atoms with E-state index in [0.29, 0.717) is 12.5 Å². The normalized spacial score (nSPS) is 24.8. The van der Waals surface area contributed by atoms with E-state index in [2.05, 4.69) is 17.0 Å². The number of aliphatic hydroxyl groups excluding tert-OH is 1. The van der Waals surface area contributed by atoms with Gasteiger partial charge >= 0.3 is 0 Å². The van der Waals surface area contributed by atoms with Gasteiger partial charge in [-0.05, 0) is 24.4 Å². The zero-order valence-electron chi connectivity index (χ0n) is 11.2. The maximum absolute atomic E-state index is 9.48. The topological polar surface area (TPSA) is 82.1 Å². The van der Waals surface area contributed by atoms with E-state index in [4.69, 9.17) is 10.9 Å². The van der Waals surface area contributed by atoms with Gasteiger partial charge in [-0.3, -0.25) is 4.90 Å². The minimum Gasteiger partial charge on any atom is -0.409 e. The van der Waals surface area contributed by atoms with Gasteiger partial charge in [-0.25, -0.2) is 0 Å². The number of oxime groups is 1. The van der Waals surface area contributed by atoms with Crippen LogP contribution < -0.4 is 5.73 Å². The van der Waals surface area contributed by atoms with Crippen LogP contribution in [0.1, 0.15) is 24.5 Å². The Morgan fingerprint density at radius 3 is 2.89 bits per heavy atom. The summed E-state index contributed by atoms with van der Waals surface area (Å²) in [5, 5.41) is 21.4. The average molecular weight is 263 g/mol. The molecule has 104 valence electrons. The molecule has 1 saturated heterocycles. The van der Waals surface area contributed by atoms with E-state index in [-0.39, 0.29) is 18.5 Å². The zero-order chi connectivity index (χ0) is 13.8. The number of amidine groups is 1. The molecule has 0 amide bonds. The fourth-order valence-electron chi connectivity index (χ4n) is 2.76. The summed E-state index contributed by atoms with van der Waals surface area (Å²) in [7, 11) is 0. The van der Waals surface area contributed by atoms with Gasteiger partial charge in [0.2, 0.25) is 0 Å². The molecule has 0 aliphatic carbocycles. The molecular formula is C14H21N3O2. The zero-order valence-corrected chi connectivity index (χ0v) is 11.2. The van der Waals surface area contributed by atoms with E-state index in [1.165, 1.54) is 0 Å². The highest BCUT2D eigenvalue weighted by molar-refractivity contribution is 5.98. The highest BCUT2D eigenvalue weighted by Crippen LogP contribution is 2.26. The summed E-state index contributed by atoms with van der Waals surface area (Å²) in [5.74, 6) is 0.629. The quantitative estimate of drug-likeness (QED) is 0.327. The summed E-state index contributed by atoms with van der Waals surface area (Å²) in [5.41, 5.74) is 7.47. The first-order valence-corrected chi connectivity index (χ1v) is 6.58. The first-order chi connectivity index (χ1) is 9.17. The second kappa shape index (κ2) is 6.04. The van der Waals surface area contributed by atoms with Gasteiger partial charge in [0.05, 0.1) is 6.61 Å². The Kier molecular flexibility index (Phi) is 4.39. The second-order valence-corrected chi connectivity index (χ2v) is 5.13. The predicted molar refractivity (Wildman–Crippen MR) is 74.0 cm³/mol. The molecule has 0 spiro atoms. The van der Waals surface area contributed by atoms with Crippen LogP contribution in [0.15, 0.2) is 29.4 Å². The second-order valence-electron chi connectivity index (χ2n) is 5.13. The first kappa shape index (κ1) is 13.8.